The summed E-state index contributed by atoms with van der Waals surface area (Å²) in [7, 11) is 0. The van der Waals surface area contributed by atoms with Crippen LogP contribution in [0.2, 0.25) is 5.02 Å². The van der Waals surface area contributed by atoms with Crippen molar-refractivity contribution in [3.63, 3.8) is 0 Å². The van der Waals surface area contributed by atoms with E-state index >= 15 is 0 Å². The van der Waals surface area contributed by atoms with E-state index in [1.165, 1.54) is 0 Å². The molecule has 2 saturated heterocycles. The van der Waals surface area contributed by atoms with Gasteiger partial charge < -0.3 is 19.8 Å². The molecule has 3 heterocycles. The molecule has 1 aromatic rings. The predicted molar refractivity (Wildman–Crippen MR) is 80.6 cm³/mol. The number of hydrogen-bond donors (Lipinski definition) is 2. The van der Waals surface area contributed by atoms with Crippen molar-refractivity contribution < 1.29 is 14.9 Å². The first kappa shape index (κ1) is 15.0. The summed E-state index contributed by atoms with van der Waals surface area (Å²) in [4.78, 5) is 6.50. The molecule has 0 amide bonds. The highest BCUT2D eigenvalue weighted by Crippen LogP contribution is 2.40. The summed E-state index contributed by atoms with van der Waals surface area (Å²) in [6, 6.07) is 3.67. The molecule has 3 rings (SSSR count). The monoisotopic (exact) mass is 312 g/mol. The lowest BCUT2D eigenvalue weighted by Crippen LogP contribution is -2.55. The molecule has 2 aliphatic rings. The quantitative estimate of drug-likeness (QED) is 0.868. The van der Waals surface area contributed by atoms with Crippen LogP contribution in [0.15, 0.2) is 18.3 Å². The van der Waals surface area contributed by atoms with E-state index in [4.69, 9.17) is 16.3 Å². The normalized spacial score (nSPS) is 28.8. The van der Waals surface area contributed by atoms with Gasteiger partial charge in [0.2, 0.25) is 0 Å². The van der Waals surface area contributed by atoms with Crippen LogP contribution in [0.25, 0.3) is 0 Å². The Bertz CT molecular complexity index is 505. The van der Waals surface area contributed by atoms with Crippen LogP contribution in [0.5, 0.6) is 0 Å². The highest BCUT2D eigenvalue weighted by molar-refractivity contribution is 6.32. The van der Waals surface area contributed by atoms with Crippen molar-refractivity contribution in [1.82, 2.24) is 4.98 Å². The van der Waals surface area contributed by atoms with Crippen LogP contribution in [0.4, 0.5) is 5.82 Å². The van der Waals surface area contributed by atoms with Crippen molar-refractivity contribution in [2.24, 2.45) is 0 Å². The first-order chi connectivity index (χ1) is 10.1. The van der Waals surface area contributed by atoms with Crippen molar-refractivity contribution in [3.05, 3.63) is 23.4 Å². The molecule has 0 aliphatic carbocycles. The standard InChI is InChI=1S/C15H21ClN2O3/c16-12-2-1-6-17-13(12)18-7-3-15(4-8-18)10-14(20,11-19)5-9-21-15/h1-2,6,19-20H,3-5,7-11H2. The summed E-state index contributed by atoms with van der Waals surface area (Å²) >= 11 is 6.19. The highest BCUT2D eigenvalue weighted by atomic mass is 35.5. The number of aliphatic hydroxyl groups is 2. The average Bonchev–Trinajstić information content (AvgIpc) is 2.49. The van der Waals surface area contributed by atoms with Gasteiger partial charge in [0, 0.05) is 32.1 Å². The van der Waals surface area contributed by atoms with E-state index in [0.717, 1.165) is 31.7 Å². The molecule has 0 aromatic carbocycles. The zero-order valence-electron chi connectivity index (χ0n) is 12.0. The highest BCUT2D eigenvalue weighted by Gasteiger charge is 2.46. The number of rotatable bonds is 2. The molecule has 1 spiro atoms. The Morgan fingerprint density at radius 2 is 2.10 bits per heavy atom. The van der Waals surface area contributed by atoms with E-state index in [-0.39, 0.29) is 12.2 Å². The van der Waals surface area contributed by atoms with E-state index in [1.807, 2.05) is 12.1 Å². The number of pyridine rings is 1. The Balaban J connectivity index is 1.69. The van der Waals surface area contributed by atoms with Gasteiger partial charge in [-0.05, 0) is 25.0 Å². The molecule has 2 fully saturated rings. The Morgan fingerprint density at radius 1 is 1.33 bits per heavy atom. The van der Waals surface area contributed by atoms with Crippen LogP contribution in [0.3, 0.4) is 0 Å². The third-order valence-electron chi connectivity index (χ3n) is 4.63. The third-order valence-corrected chi connectivity index (χ3v) is 4.93. The van der Waals surface area contributed by atoms with Gasteiger partial charge in [-0.3, -0.25) is 0 Å². The number of aromatic nitrogens is 1. The van der Waals surface area contributed by atoms with Crippen LogP contribution in [0, 0.1) is 0 Å². The van der Waals surface area contributed by atoms with Gasteiger partial charge in [-0.15, -0.1) is 0 Å². The van der Waals surface area contributed by atoms with Gasteiger partial charge in [0.05, 0.1) is 29.4 Å². The second-order valence-electron chi connectivity index (χ2n) is 6.14. The second-order valence-corrected chi connectivity index (χ2v) is 6.54. The number of nitrogens with zero attached hydrogens (tertiary/aromatic N) is 2. The number of halogens is 1. The Hall–Kier alpha value is -0.880. The number of piperidine rings is 1. The molecule has 2 N–H and O–H groups in total. The molecule has 2 aliphatic heterocycles. The molecule has 1 unspecified atom stereocenters. The third kappa shape index (κ3) is 3.01. The number of anilines is 1. The van der Waals surface area contributed by atoms with Gasteiger partial charge in [-0.25, -0.2) is 4.98 Å². The predicted octanol–water partition coefficient (Wildman–Crippen LogP) is 1.61. The van der Waals surface area contributed by atoms with Gasteiger partial charge in [0.15, 0.2) is 0 Å². The van der Waals surface area contributed by atoms with Crippen LogP contribution in [0.1, 0.15) is 25.7 Å². The summed E-state index contributed by atoms with van der Waals surface area (Å²) in [6.45, 7) is 1.88. The summed E-state index contributed by atoms with van der Waals surface area (Å²) in [5.74, 6) is 0.808. The zero-order chi connectivity index (χ0) is 14.9. The summed E-state index contributed by atoms with van der Waals surface area (Å²) in [5.41, 5.74) is -1.32. The number of aliphatic hydroxyl groups excluding tert-OH is 1. The van der Waals surface area contributed by atoms with E-state index < -0.39 is 5.60 Å². The van der Waals surface area contributed by atoms with Crippen molar-refractivity contribution in [3.8, 4) is 0 Å². The van der Waals surface area contributed by atoms with E-state index in [2.05, 4.69) is 9.88 Å². The van der Waals surface area contributed by atoms with Crippen LogP contribution >= 0.6 is 11.6 Å². The maximum absolute atomic E-state index is 10.3. The van der Waals surface area contributed by atoms with Gasteiger partial charge in [0.25, 0.3) is 0 Å². The minimum Gasteiger partial charge on any atom is -0.393 e. The van der Waals surface area contributed by atoms with Crippen LogP contribution < -0.4 is 4.90 Å². The van der Waals surface area contributed by atoms with E-state index in [1.54, 1.807) is 6.20 Å². The van der Waals surface area contributed by atoms with Crippen molar-refractivity contribution in [2.45, 2.75) is 36.9 Å². The molecule has 116 valence electrons. The molecule has 5 nitrogen and oxygen atoms in total. The van der Waals surface area contributed by atoms with E-state index in [9.17, 15) is 10.2 Å². The summed E-state index contributed by atoms with van der Waals surface area (Å²) in [5, 5.41) is 20.4. The topological polar surface area (TPSA) is 65.8 Å². The van der Waals surface area contributed by atoms with Gasteiger partial charge in [0.1, 0.15) is 5.82 Å². The molecule has 1 aromatic heterocycles. The molecular weight excluding hydrogens is 292 g/mol. The van der Waals surface area contributed by atoms with Gasteiger partial charge in [-0.2, -0.15) is 0 Å². The van der Waals surface area contributed by atoms with Crippen LogP contribution in [-0.4, -0.2) is 52.7 Å². The van der Waals surface area contributed by atoms with Gasteiger partial charge in [-0.1, -0.05) is 11.6 Å². The summed E-state index contributed by atoms with van der Waals surface area (Å²) in [6.07, 6.45) is 4.36. The number of hydrogen-bond acceptors (Lipinski definition) is 5. The maximum Gasteiger partial charge on any atom is 0.147 e. The Labute approximate surface area is 129 Å². The largest absolute Gasteiger partial charge is 0.393 e. The Kier molecular flexibility index (Phi) is 4.10. The minimum atomic E-state index is -0.997. The fraction of sp³-hybridized carbons (Fsp3) is 0.667. The SMILES string of the molecule is OCC1(O)CCOC2(CCN(c3ncccc3Cl)CC2)C1. The van der Waals surface area contributed by atoms with Crippen molar-refractivity contribution in [2.75, 3.05) is 31.2 Å². The molecule has 21 heavy (non-hydrogen) atoms. The maximum atomic E-state index is 10.3. The lowest BCUT2D eigenvalue weighted by atomic mass is 9.77. The van der Waals surface area contributed by atoms with Crippen molar-refractivity contribution >= 4 is 17.4 Å². The molecular formula is C15H21ClN2O3. The fourth-order valence-corrected chi connectivity index (χ4v) is 3.63. The summed E-state index contributed by atoms with van der Waals surface area (Å²) < 4.78 is 5.97. The molecule has 0 bridgehead atoms. The van der Waals surface area contributed by atoms with Crippen molar-refractivity contribution in [1.29, 1.82) is 0 Å². The average molecular weight is 313 g/mol. The fourth-order valence-electron chi connectivity index (χ4n) is 3.39. The molecule has 1 atom stereocenters. The van der Waals surface area contributed by atoms with Crippen LogP contribution in [-0.2, 0) is 4.74 Å². The lowest BCUT2D eigenvalue weighted by molar-refractivity contribution is -0.180. The lowest BCUT2D eigenvalue weighted by Gasteiger charge is -2.48. The second kappa shape index (κ2) is 5.72. The molecule has 0 radical (unpaired) electrons. The zero-order valence-corrected chi connectivity index (χ0v) is 12.7. The molecule has 0 saturated carbocycles. The smallest absolute Gasteiger partial charge is 0.147 e. The first-order valence-corrected chi connectivity index (χ1v) is 7.76. The first-order valence-electron chi connectivity index (χ1n) is 7.39. The van der Waals surface area contributed by atoms with E-state index in [0.29, 0.717) is 24.5 Å². The molecule has 6 heteroatoms. The minimum absolute atomic E-state index is 0.201. The Morgan fingerprint density at radius 3 is 2.76 bits per heavy atom. The van der Waals surface area contributed by atoms with Gasteiger partial charge >= 0.3 is 0 Å². The number of ether oxygens (including phenoxy) is 1.